The number of anilines is 2. The van der Waals surface area contributed by atoms with E-state index in [-0.39, 0.29) is 23.3 Å². The second kappa shape index (κ2) is 15.9. The molecule has 2 amide bonds. The fraction of sp³-hybridized carbons (Fsp3) is 0.167. The fourth-order valence-corrected chi connectivity index (χ4v) is 9.35. The summed E-state index contributed by atoms with van der Waals surface area (Å²) in [5, 5.41) is 3.32. The third-order valence-electron chi connectivity index (χ3n) is 11.5. The largest absolute Gasteiger partial charge is 0.584 e. The van der Waals surface area contributed by atoms with Gasteiger partial charge in [0.15, 0.2) is 0 Å². The summed E-state index contributed by atoms with van der Waals surface area (Å²) in [4.78, 5) is 56.6. The van der Waals surface area contributed by atoms with Crippen LogP contribution in [0, 0.1) is 0 Å². The number of fused-ring (bicyclic) bond motifs is 4. The van der Waals surface area contributed by atoms with Crippen molar-refractivity contribution >= 4 is 74.6 Å². The average molecular weight is 829 g/mol. The van der Waals surface area contributed by atoms with Crippen molar-refractivity contribution in [1.82, 2.24) is 19.8 Å². The van der Waals surface area contributed by atoms with Crippen LogP contribution in [0.5, 0.6) is 11.5 Å². The Morgan fingerprint density at radius 1 is 0.459 bits per heavy atom. The molecule has 2 aliphatic rings. The minimum absolute atomic E-state index is 0.0324. The van der Waals surface area contributed by atoms with Gasteiger partial charge in [0, 0.05) is 97.4 Å². The first-order valence-corrected chi connectivity index (χ1v) is 21.8. The normalized spacial score (nSPS) is 14.8. The van der Waals surface area contributed by atoms with Crippen LogP contribution in [-0.2, 0) is 4.57 Å². The van der Waals surface area contributed by atoms with Crippen molar-refractivity contribution in [3.63, 3.8) is 0 Å². The van der Waals surface area contributed by atoms with Gasteiger partial charge in [-0.2, -0.15) is 0 Å². The number of phosphoric acid groups is 1. The zero-order valence-electron chi connectivity index (χ0n) is 33.1. The molecule has 4 heterocycles. The summed E-state index contributed by atoms with van der Waals surface area (Å²) >= 11 is 0. The molecule has 1 N–H and O–H groups in total. The molecule has 6 aromatic carbocycles. The maximum atomic E-state index is 14.1. The number of carbonyl (C=O) groups is 2. The van der Waals surface area contributed by atoms with E-state index in [2.05, 4.69) is 9.80 Å². The molecule has 2 aromatic heterocycles. The maximum absolute atomic E-state index is 14.1. The molecule has 0 saturated carbocycles. The van der Waals surface area contributed by atoms with E-state index in [1.807, 2.05) is 119 Å². The molecule has 0 bridgehead atoms. The molecular formula is C48H41N6O6P. The second-order valence-corrected chi connectivity index (χ2v) is 16.5. The molecule has 13 heteroatoms. The molecule has 61 heavy (non-hydrogen) atoms. The van der Waals surface area contributed by atoms with Crippen LogP contribution in [-0.4, -0.2) is 88.8 Å². The van der Waals surface area contributed by atoms with Crippen molar-refractivity contribution in [1.29, 1.82) is 0 Å². The highest BCUT2D eigenvalue weighted by Gasteiger charge is 2.30. The van der Waals surface area contributed by atoms with E-state index in [4.69, 9.17) is 19.0 Å². The molecule has 0 atom stereocenters. The topological polar surface area (TPSA) is 129 Å². The molecule has 2 fully saturated rings. The lowest BCUT2D eigenvalue weighted by atomic mass is 10.0. The minimum Gasteiger partial charge on any atom is -0.395 e. The van der Waals surface area contributed by atoms with Crippen molar-refractivity contribution < 1.29 is 28.1 Å². The Labute approximate surface area is 351 Å². The summed E-state index contributed by atoms with van der Waals surface area (Å²) in [5.41, 5.74) is 6.06. The zero-order valence-corrected chi connectivity index (χ0v) is 34.0. The smallest absolute Gasteiger partial charge is 0.395 e. The van der Waals surface area contributed by atoms with Gasteiger partial charge in [-0.3, -0.25) is 14.5 Å². The van der Waals surface area contributed by atoms with Gasteiger partial charge in [-0.15, -0.1) is 0 Å². The van der Waals surface area contributed by atoms with Gasteiger partial charge >= 0.3 is 7.82 Å². The number of benzene rings is 6. The molecular weight excluding hydrogens is 788 g/mol. The minimum atomic E-state index is -4.60. The third-order valence-corrected chi connectivity index (χ3v) is 12.4. The lowest BCUT2D eigenvalue weighted by Crippen LogP contribution is -2.48. The zero-order chi connectivity index (χ0) is 41.5. The number of nitrogens with zero attached hydrogens (tertiary/aromatic N) is 6. The number of aromatic nitrogens is 2. The Hall–Kier alpha value is -7.01. The van der Waals surface area contributed by atoms with Crippen LogP contribution in [0.3, 0.4) is 0 Å². The first kappa shape index (κ1) is 38.2. The molecule has 12 nitrogen and oxygen atoms in total. The molecule has 2 saturated heterocycles. The predicted octanol–water partition coefficient (Wildman–Crippen LogP) is 8.57. The van der Waals surface area contributed by atoms with E-state index in [0.717, 1.165) is 55.0 Å². The SMILES string of the molecule is O=C(c1c2ccccc2nc2ccccc12)N1CCN(c2cccc(OP(=O)(O)Oc3cccc(N4CCN(C(=O)c5c6ccccc6nc6ccccc56)CC4)c3)c2)CC1. The molecule has 0 spiro atoms. The van der Waals surface area contributed by atoms with E-state index < -0.39 is 7.82 Å². The first-order valence-electron chi connectivity index (χ1n) is 20.3. The number of hydrogen-bond acceptors (Lipinski definition) is 9. The van der Waals surface area contributed by atoms with E-state index >= 15 is 0 Å². The van der Waals surface area contributed by atoms with Crippen LogP contribution >= 0.6 is 7.82 Å². The number of amides is 2. The molecule has 304 valence electrons. The van der Waals surface area contributed by atoms with Crippen LogP contribution in [0.4, 0.5) is 11.4 Å². The fourth-order valence-electron chi connectivity index (χ4n) is 8.55. The summed E-state index contributed by atoms with van der Waals surface area (Å²) in [6, 6.07) is 45.0. The lowest BCUT2D eigenvalue weighted by Gasteiger charge is -2.36. The third kappa shape index (κ3) is 7.56. The van der Waals surface area contributed by atoms with Crippen LogP contribution in [0.1, 0.15) is 20.7 Å². The molecule has 0 unspecified atom stereocenters. The highest BCUT2D eigenvalue weighted by Crippen LogP contribution is 2.45. The van der Waals surface area contributed by atoms with Gasteiger partial charge in [-0.1, -0.05) is 84.9 Å². The van der Waals surface area contributed by atoms with Gasteiger partial charge < -0.3 is 28.6 Å². The van der Waals surface area contributed by atoms with Gasteiger partial charge in [0.2, 0.25) is 0 Å². The summed E-state index contributed by atoms with van der Waals surface area (Å²) in [6.45, 7) is 4.25. The summed E-state index contributed by atoms with van der Waals surface area (Å²) < 4.78 is 24.6. The molecule has 10 rings (SSSR count). The van der Waals surface area contributed by atoms with E-state index in [1.54, 1.807) is 36.4 Å². The summed E-state index contributed by atoms with van der Waals surface area (Å²) in [5.74, 6) is 0.302. The number of phosphoric ester groups is 1. The highest BCUT2D eigenvalue weighted by atomic mass is 31.2. The van der Waals surface area contributed by atoms with Crippen molar-refractivity contribution in [2.45, 2.75) is 0 Å². The van der Waals surface area contributed by atoms with Crippen LogP contribution < -0.4 is 18.8 Å². The monoisotopic (exact) mass is 828 g/mol. The quantitative estimate of drug-likeness (QED) is 0.118. The Morgan fingerprint density at radius 2 is 0.787 bits per heavy atom. The summed E-state index contributed by atoms with van der Waals surface area (Å²) in [7, 11) is -4.60. The Kier molecular flexibility index (Phi) is 9.94. The average Bonchev–Trinajstić information content (AvgIpc) is 3.29. The lowest BCUT2D eigenvalue weighted by molar-refractivity contribution is 0.0743. The number of para-hydroxylation sites is 4. The standard InChI is InChI=1S/C48H41N6O6P/c55-47(45-37-15-1-5-19-41(37)49-42-20-6-2-16-38(42)45)53-27-23-51(24-28-53)33-11-9-13-35(31-33)59-61(57,58)60-36-14-10-12-34(32-36)52-25-29-54(30-26-52)48(56)46-39-17-3-7-21-43(39)50-44-22-8-4-18-40(44)46/h1-22,31-32H,23-30H2,(H,57,58). The van der Waals surface area contributed by atoms with Crippen LogP contribution in [0.15, 0.2) is 146 Å². The van der Waals surface area contributed by atoms with Crippen LogP contribution in [0.25, 0.3) is 43.6 Å². The Bertz CT molecular complexity index is 2730. The molecule has 0 aliphatic carbocycles. The van der Waals surface area contributed by atoms with Gasteiger partial charge in [0.05, 0.1) is 33.2 Å². The highest BCUT2D eigenvalue weighted by molar-refractivity contribution is 7.48. The predicted molar refractivity (Wildman–Crippen MR) is 239 cm³/mol. The molecule has 8 aromatic rings. The van der Waals surface area contributed by atoms with Gasteiger partial charge in [-0.05, 0) is 48.5 Å². The van der Waals surface area contributed by atoms with Gasteiger partial charge in [-0.25, -0.2) is 14.5 Å². The Morgan fingerprint density at radius 3 is 1.13 bits per heavy atom. The second-order valence-electron chi connectivity index (χ2n) is 15.2. The first-order chi connectivity index (χ1) is 29.8. The molecule has 2 aliphatic heterocycles. The van der Waals surface area contributed by atoms with Gasteiger partial charge in [0.1, 0.15) is 11.5 Å². The van der Waals surface area contributed by atoms with E-state index in [0.29, 0.717) is 63.5 Å². The number of hydrogen-bond donors (Lipinski definition) is 1. The van der Waals surface area contributed by atoms with E-state index in [1.165, 1.54) is 0 Å². The number of piperazine rings is 2. The van der Waals surface area contributed by atoms with Crippen molar-refractivity contribution in [3.8, 4) is 11.5 Å². The van der Waals surface area contributed by atoms with Crippen LogP contribution in [0.2, 0.25) is 0 Å². The maximum Gasteiger partial charge on any atom is 0.584 e. The summed E-state index contributed by atoms with van der Waals surface area (Å²) in [6.07, 6.45) is 0. The number of rotatable bonds is 8. The number of pyridine rings is 2. The molecule has 0 radical (unpaired) electrons. The van der Waals surface area contributed by atoms with Gasteiger partial charge in [0.25, 0.3) is 11.8 Å². The van der Waals surface area contributed by atoms with Crippen molar-refractivity contribution in [2.24, 2.45) is 0 Å². The Balaban J connectivity index is 0.773. The van der Waals surface area contributed by atoms with Crippen molar-refractivity contribution in [3.05, 3.63) is 157 Å². The number of carbonyl (C=O) groups excluding carboxylic acids is 2. The van der Waals surface area contributed by atoms with E-state index in [9.17, 15) is 19.0 Å². The van der Waals surface area contributed by atoms with Crippen molar-refractivity contribution in [2.75, 3.05) is 62.2 Å².